The molecular formula is C9H14N2O. The zero-order valence-electron chi connectivity index (χ0n) is 7.48. The standard InChI is InChI=1S/C9H14N2O/c1-3-4-5-8-7(2)9(12)11-6-10-8/h3-4,10H,5-6H2,1-2H3,(H,11,12)/b4-3-. The number of allylic oxidation sites excluding steroid dienone is 2. The number of hydrogen-bond donors (Lipinski definition) is 2. The molecule has 66 valence electrons. The quantitative estimate of drug-likeness (QED) is 0.598. The molecule has 3 heteroatoms. The Morgan fingerprint density at radius 2 is 2.25 bits per heavy atom. The predicted octanol–water partition coefficient (Wildman–Crippen LogP) is 0.903. The van der Waals surface area contributed by atoms with Gasteiger partial charge in [-0.2, -0.15) is 0 Å². The summed E-state index contributed by atoms with van der Waals surface area (Å²) in [4.78, 5) is 11.1. The van der Waals surface area contributed by atoms with Crippen LogP contribution in [0.1, 0.15) is 20.3 Å². The van der Waals surface area contributed by atoms with Gasteiger partial charge in [0.25, 0.3) is 0 Å². The fourth-order valence-electron chi connectivity index (χ4n) is 1.09. The van der Waals surface area contributed by atoms with E-state index in [-0.39, 0.29) is 5.91 Å². The third kappa shape index (κ3) is 1.87. The van der Waals surface area contributed by atoms with Crippen LogP contribution < -0.4 is 10.6 Å². The molecule has 0 aromatic heterocycles. The minimum atomic E-state index is 0.0354. The first-order valence-corrected chi connectivity index (χ1v) is 4.08. The van der Waals surface area contributed by atoms with E-state index in [1.807, 2.05) is 26.0 Å². The van der Waals surface area contributed by atoms with Crippen LogP contribution >= 0.6 is 0 Å². The summed E-state index contributed by atoms with van der Waals surface area (Å²) in [6.07, 6.45) is 4.83. The minimum absolute atomic E-state index is 0.0354. The van der Waals surface area contributed by atoms with E-state index in [4.69, 9.17) is 0 Å². The number of nitrogens with one attached hydrogen (secondary N) is 2. The topological polar surface area (TPSA) is 41.1 Å². The van der Waals surface area contributed by atoms with Gasteiger partial charge < -0.3 is 10.6 Å². The smallest absolute Gasteiger partial charge is 0.250 e. The molecule has 0 fully saturated rings. The maximum Gasteiger partial charge on any atom is 0.250 e. The molecule has 0 bridgehead atoms. The van der Waals surface area contributed by atoms with Crippen molar-refractivity contribution in [3.8, 4) is 0 Å². The SMILES string of the molecule is C/C=C\CC1=C(C)C(=O)NCN1. The van der Waals surface area contributed by atoms with E-state index >= 15 is 0 Å². The fourth-order valence-corrected chi connectivity index (χ4v) is 1.09. The largest absolute Gasteiger partial charge is 0.371 e. The Balaban J connectivity index is 2.71. The van der Waals surface area contributed by atoms with E-state index in [1.54, 1.807) is 0 Å². The molecule has 2 N–H and O–H groups in total. The van der Waals surface area contributed by atoms with Crippen LogP contribution in [0.4, 0.5) is 0 Å². The Morgan fingerprint density at radius 3 is 2.92 bits per heavy atom. The molecule has 0 aromatic carbocycles. The highest BCUT2D eigenvalue weighted by Crippen LogP contribution is 2.08. The third-order valence-corrected chi connectivity index (χ3v) is 1.90. The van der Waals surface area contributed by atoms with E-state index < -0.39 is 0 Å². The number of carbonyl (C=O) groups excluding carboxylic acids is 1. The van der Waals surface area contributed by atoms with Crippen LogP contribution in [0.5, 0.6) is 0 Å². The number of amides is 1. The summed E-state index contributed by atoms with van der Waals surface area (Å²) in [5.74, 6) is 0.0354. The summed E-state index contributed by atoms with van der Waals surface area (Å²) >= 11 is 0. The van der Waals surface area contributed by atoms with Gasteiger partial charge in [0, 0.05) is 17.7 Å². The summed E-state index contributed by atoms with van der Waals surface area (Å²) < 4.78 is 0. The van der Waals surface area contributed by atoms with Crippen molar-refractivity contribution in [3.63, 3.8) is 0 Å². The lowest BCUT2D eigenvalue weighted by Crippen LogP contribution is -2.40. The molecule has 1 aliphatic rings. The summed E-state index contributed by atoms with van der Waals surface area (Å²) in [6, 6.07) is 0. The van der Waals surface area contributed by atoms with Gasteiger partial charge in [-0.25, -0.2) is 0 Å². The minimum Gasteiger partial charge on any atom is -0.371 e. The van der Waals surface area contributed by atoms with Crippen molar-refractivity contribution in [1.29, 1.82) is 0 Å². The molecule has 12 heavy (non-hydrogen) atoms. The van der Waals surface area contributed by atoms with Crippen molar-refractivity contribution in [2.45, 2.75) is 20.3 Å². The number of carbonyl (C=O) groups is 1. The Hall–Kier alpha value is -1.25. The molecule has 1 amide bonds. The number of rotatable bonds is 2. The van der Waals surface area contributed by atoms with Crippen LogP contribution in [0.25, 0.3) is 0 Å². The van der Waals surface area contributed by atoms with E-state index in [9.17, 15) is 4.79 Å². The molecule has 0 atom stereocenters. The van der Waals surface area contributed by atoms with Crippen LogP contribution in [0.2, 0.25) is 0 Å². The van der Waals surface area contributed by atoms with Crippen molar-refractivity contribution in [2.75, 3.05) is 6.67 Å². The van der Waals surface area contributed by atoms with Gasteiger partial charge in [-0.05, 0) is 13.8 Å². The van der Waals surface area contributed by atoms with Gasteiger partial charge in [0.1, 0.15) is 0 Å². The molecule has 1 rings (SSSR count). The summed E-state index contributed by atoms with van der Waals surface area (Å²) in [6.45, 7) is 4.35. The van der Waals surface area contributed by atoms with Crippen molar-refractivity contribution in [3.05, 3.63) is 23.4 Å². The Kier molecular flexibility index (Phi) is 2.91. The first kappa shape index (κ1) is 8.84. The fraction of sp³-hybridized carbons (Fsp3) is 0.444. The normalized spacial score (nSPS) is 18.0. The van der Waals surface area contributed by atoms with E-state index in [2.05, 4.69) is 10.6 Å². The summed E-state index contributed by atoms with van der Waals surface area (Å²) in [5.41, 5.74) is 1.82. The van der Waals surface area contributed by atoms with Gasteiger partial charge in [-0.1, -0.05) is 12.2 Å². The van der Waals surface area contributed by atoms with Crippen LogP contribution in [0.15, 0.2) is 23.4 Å². The average molecular weight is 166 g/mol. The van der Waals surface area contributed by atoms with Gasteiger partial charge in [-0.3, -0.25) is 4.79 Å². The van der Waals surface area contributed by atoms with Crippen molar-refractivity contribution < 1.29 is 4.79 Å². The van der Waals surface area contributed by atoms with Crippen molar-refractivity contribution in [2.24, 2.45) is 0 Å². The maximum atomic E-state index is 11.1. The molecule has 0 saturated carbocycles. The highest BCUT2D eigenvalue weighted by atomic mass is 16.1. The molecule has 3 nitrogen and oxygen atoms in total. The Bertz CT molecular complexity index is 241. The molecule has 0 aliphatic carbocycles. The van der Waals surface area contributed by atoms with E-state index in [1.165, 1.54) is 0 Å². The first-order chi connectivity index (χ1) is 5.75. The Morgan fingerprint density at radius 1 is 1.50 bits per heavy atom. The molecule has 1 heterocycles. The van der Waals surface area contributed by atoms with Crippen LogP contribution in [-0.4, -0.2) is 12.6 Å². The van der Waals surface area contributed by atoms with Gasteiger partial charge in [0.05, 0.1) is 6.67 Å². The lowest BCUT2D eigenvalue weighted by atomic mass is 10.1. The molecule has 0 unspecified atom stereocenters. The van der Waals surface area contributed by atoms with Crippen molar-refractivity contribution >= 4 is 5.91 Å². The van der Waals surface area contributed by atoms with E-state index in [0.29, 0.717) is 6.67 Å². The van der Waals surface area contributed by atoms with Gasteiger partial charge >= 0.3 is 0 Å². The lowest BCUT2D eigenvalue weighted by Gasteiger charge is -2.19. The average Bonchev–Trinajstić information content (AvgIpc) is 2.08. The molecule has 1 aliphatic heterocycles. The van der Waals surface area contributed by atoms with Gasteiger partial charge in [-0.15, -0.1) is 0 Å². The van der Waals surface area contributed by atoms with Crippen LogP contribution in [0.3, 0.4) is 0 Å². The highest BCUT2D eigenvalue weighted by Gasteiger charge is 2.13. The monoisotopic (exact) mass is 166 g/mol. The lowest BCUT2D eigenvalue weighted by molar-refractivity contribution is -0.118. The zero-order valence-corrected chi connectivity index (χ0v) is 7.48. The summed E-state index contributed by atoms with van der Waals surface area (Å²) in [5, 5.41) is 5.84. The first-order valence-electron chi connectivity index (χ1n) is 4.08. The highest BCUT2D eigenvalue weighted by molar-refractivity contribution is 5.94. The second kappa shape index (κ2) is 3.95. The molecule has 0 spiro atoms. The molecule has 0 radical (unpaired) electrons. The number of hydrogen-bond acceptors (Lipinski definition) is 2. The zero-order chi connectivity index (χ0) is 8.97. The Labute approximate surface area is 72.5 Å². The van der Waals surface area contributed by atoms with Crippen molar-refractivity contribution in [1.82, 2.24) is 10.6 Å². The summed E-state index contributed by atoms with van der Waals surface area (Å²) in [7, 11) is 0. The molecule has 0 aromatic rings. The van der Waals surface area contributed by atoms with Gasteiger partial charge in [0.15, 0.2) is 0 Å². The predicted molar refractivity (Wildman–Crippen MR) is 48.3 cm³/mol. The van der Waals surface area contributed by atoms with Crippen LogP contribution in [0, 0.1) is 0 Å². The molecule has 0 saturated heterocycles. The molecular weight excluding hydrogens is 152 g/mol. The van der Waals surface area contributed by atoms with Crippen LogP contribution in [-0.2, 0) is 4.79 Å². The van der Waals surface area contributed by atoms with Gasteiger partial charge in [0.2, 0.25) is 5.91 Å². The third-order valence-electron chi connectivity index (χ3n) is 1.90. The van der Waals surface area contributed by atoms with E-state index in [0.717, 1.165) is 17.7 Å². The maximum absolute atomic E-state index is 11.1. The second-order valence-electron chi connectivity index (χ2n) is 2.74. The second-order valence-corrected chi connectivity index (χ2v) is 2.74.